The van der Waals surface area contributed by atoms with Crippen LogP contribution in [0.25, 0.3) is 0 Å². The Balaban J connectivity index is 1.73. The van der Waals surface area contributed by atoms with Crippen molar-refractivity contribution >= 4 is 17.3 Å². The maximum Gasteiger partial charge on any atom is 0.269 e. The normalized spacial score (nSPS) is 30.9. The highest BCUT2D eigenvalue weighted by Gasteiger charge is 2.54. The Morgan fingerprint density at radius 3 is 2.58 bits per heavy atom. The van der Waals surface area contributed by atoms with Crippen molar-refractivity contribution in [3.63, 3.8) is 0 Å². The molecule has 0 unspecified atom stereocenters. The number of fused-ring (bicyclic) bond motifs is 2. The van der Waals surface area contributed by atoms with Crippen LogP contribution in [0.1, 0.15) is 37.8 Å². The molecule has 2 bridgehead atoms. The van der Waals surface area contributed by atoms with Crippen LogP contribution in [0, 0.1) is 16.0 Å². The molecule has 4 aliphatic heterocycles. The number of hydrogen-bond donors (Lipinski definition) is 1. The zero-order chi connectivity index (χ0) is 16.8. The molecule has 1 amide bonds. The number of hydrogen-bond acceptors (Lipinski definition) is 4. The van der Waals surface area contributed by atoms with E-state index in [0.29, 0.717) is 12.3 Å². The zero-order valence-electron chi connectivity index (χ0n) is 13.6. The fraction of sp³-hybridized carbons (Fsp3) is 0.529. The van der Waals surface area contributed by atoms with E-state index in [0.717, 1.165) is 37.2 Å². The molecule has 0 aliphatic carbocycles. The zero-order valence-corrected chi connectivity index (χ0v) is 13.6. The summed E-state index contributed by atoms with van der Waals surface area (Å²) in [5, 5.41) is 17.3. The Kier molecular flexibility index (Phi) is 3.60. The maximum atomic E-state index is 12.5. The van der Waals surface area contributed by atoms with Crippen molar-refractivity contribution in [1.82, 2.24) is 5.01 Å². The molecule has 1 aromatic rings. The van der Waals surface area contributed by atoms with Crippen molar-refractivity contribution in [3.8, 4) is 0 Å². The van der Waals surface area contributed by atoms with E-state index in [-0.39, 0.29) is 23.7 Å². The molecule has 4 heterocycles. The van der Waals surface area contributed by atoms with Gasteiger partial charge in [-0.05, 0) is 17.7 Å². The maximum absolute atomic E-state index is 12.5. The average molecular weight is 329 g/mol. The number of nitrogens with zero attached hydrogens (tertiary/aromatic N) is 3. The summed E-state index contributed by atoms with van der Waals surface area (Å²) in [5.74, 6) is 0.503. The van der Waals surface area contributed by atoms with Gasteiger partial charge in [-0.15, -0.1) is 0 Å². The van der Waals surface area contributed by atoms with Gasteiger partial charge >= 0.3 is 0 Å². The molecule has 0 saturated carbocycles. The molecular formula is C17H21N4O3+. The van der Waals surface area contributed by atoms with Crippen molar-refractivity contribution in [3.05, 3.63) is 39.9 Å². The molecule has 0 aromatic heterocycles. The number of nitro benzene ring substituents is 1. The molecule has 3 fully saturated rings. The van der Waals surface area contributed by atoms with Gasteiger partial charge in [0.15, 0.2) is 6.04 Å². The summed E-state index contributed by atoms with van der Waals surface area (Å²) in [6.45, 7) is 4.08. The van der Waals surface area contributed by atoms with E-state index < -0.39 is 4.92 Å². The van der Waals surface area contributed by atoms with Crippen molar-refractivity contribution in [2.45, 2.75) is 38.3 Å². The van der Waals surface area contributed by atoms with Crippen LogP contribution in [0.3, 0.4) is 0 Å². The quantitative estimate of drug-likeness (QED) is 0.661. The molecule has 0 spiro atoms. The minimum atomic E-state index is -0.396. The van der Waals surface area contributed by atoms with E-state index in [1.807, 2.05) is 6.92 Å². The number of quaternary nitrogens is 1. The number of nitrogens with one attached hydrogen (secondary N) is 1. The number of amides is 1. The minimum Gasteiger partial charge on any atom is -0.326 e. The second-order valence-electron chi connectivity index (χ2n) is 6.82. The van der Waals surface area contributed by atoms with Crippen LogP contribution in [0.5, 0.6) is 0 Å². The number of non-ortho nitro benzene ring substituents is 1. The third kappa shape index (κ3) is 2.23. The lowest BCUT2D eigenvalue weighted by Gasteiger charge is -2.42. The topological polar surface area (TPSA) is 80.2 Å². The third-order valence-electron chi connectivity index (χ3n) is 5.61. The second-order valence-corrected chi connectivity index (χ2v) is 6.82. The van der Waals surface area contributed by atoms with Gasteiger partial charge in [0.1, 0.15) is 11.8 Å². The van der Waals surface area contributed by atoms with E-state index >= 15 is 0 Å². The van der Waals surface area contributed by atoms with Crippen LogP contribution >= 0.6 is 0 Å². The third-order valence-corrected chi connectivity index (χ3v) is 5.61. The summed E-state index contributed by atoms with van der Waals surface area (Å²) in [7, 11) is 0. The highest BCUT2D eigenvalue weighted by molar-refractivity contribution is 5.96. The Hall–Kier alpha value is -2.28. The van der Waals surface area contributed by atoms with E-state index in [1.54, 1.807) is 17.1 Å². The molecular weight excluding hydrogens is 308 g/mol. The monoisotopic (exact) mass is 329 g/mol. The molecule has 5 rings (SSSR count). The van der Waals surface area contributed by atoms with Gasteiger partial charge in [0, 0.05) is 37.3 Å². The van der Waals surface area contributed by atoms with E-state index in [9.17, 15) is 14.9 Å². The van der Waals surface area contributed by atoms with Crippen molar-refractivity contribution in [1.29, 1.82) is 0 Å². The smallest absolute Gasteiger partial charge is 0.269 e. The van der Waals surface area contributed by atoms with Crippen molar-refractivity contribution < 1.29 is 14.6 Å². The number of benzene rings is 1. The van der Waals surface area contributed by atoms with Gasteiger partial charge in [0.25, 0.3) is 5.69 Å². The average Bonchev–Trinajstić information content (AvgIpc) is 3.04. The van der Waals surface area contributed by atoms with Crippen LogP contribution < -0.4 is 4.90 Å². The number of carbonyl (C=O) groups is 1. The van der Waals surface area contributed by atoms with Gasteiger partial charge in [0.05, 0.1) is 18.0 Å². The minimum absolute atomic E-state index is 0.0141. The van der Waals surface area contributed by atoms with Crippen LogP contribution in [-0.4, -0.2) is 40.7 Å². The Morgan fingerprint density at radius 1 is 1.33 bits per heavy atom. The first-order chi connectivity index (χ1) is 11.6. The van der Waals surface area contributed by atoms with Gasteiger partial charge < -0.3 is 4.90 Å². The summed E-state index contributed by atoms with van der Waals surface area (Å²) in [6, 6.07) is 6.67. The number of rotatable bonds is 3. The van der Waals surface area contributed by atoms with Gasteiger partial charge in [-0.1, -0.05) is 6.92 Å². The number of carbonyl (C=O) groups excluding carboxylic acids is 1. The van der Waals surface area contributed by atoms with Crippen molar-refractivity contribution in [2.24, 2.45) is 11.0 Å². The molecule has 7 heteroatoms. The SMILES string of the molecule is CCC(=O)N1N=C2C3CC[NH+](CC3)[C@@H]2[C@H]1c1ccc([N+](=O)[O-])cc1. The number of piperidine rings is 3. The van der Waals surface area contributed by atoms with Crippen LogP contribution in [0.2, 0.25) is 0 Å². The number of hydrazone groups is 1. The predicted octanol–water partition coefficient (Wildman–Crippen LogP) is 0.921. The summed E-state index contributed by atoms with van der Waals surface area (Å²) >= 11 is 0. The standard InChI is InChI=1S/C17H20N4O3/c1-2-14(22)20-16(12-3-5-13(6-4-12)21(23)24)17-15(18-20)11-7-9-19(17)10-8-11/h3-6,11,16-17H,2,7-10H2,1H3/p+1/t16-,17+/m1/s1. The Bertz CT molecular complexity index is 707. The highest BCUT2D eigenvalue weighted by Crippen LogP contribution is 2.37. The fourth-order valence-electron chi connectivity index (χ4n) is 4.41. The van der Waals surface area contributed by atoms with E-state index in [1.165, 1.54) is 17.0 Å². The lowest BCUT2D eigenvalue weighted by atomic mass is 9.78. The van der Waals surface area contributed by atoms with Crippen LogP contribution in [0.4, 0.5) is 5.69 Å². The predicted molar refractivity (Wildman–Crippen MR) is 87.6 cm³/mol. The molecule has 4 aliphatic rings. The summed E-state index contributed by atoms with van der Waals surface area (Å²) in [5.41, 5.74) is 2.17. The van der Waals surface area contributed by atoms with Crippen LogP contribution in [-0.2, 0) is 4.79 Å². The molecule has 1 N–H and O–H groups in total. The molecule has 0 radical (unpaired) electrons. The van der Waals surface area contributed by atoms with Gasteiger partial charge in [-0.25, -0.2) is 5.01 Å². The molecule has 1 aromatic carbocycles. The molecule has 2 atom stereocenters. The van der Waals surface area contributed by atoms with E-state index in [2.05, 4.69) is 0 Å². The summed E-state index contributed by atoms with van der Waals surface area (Å²) in [4.78, 5) is 24.4. The van der Waals surface area contributed by atoms with Gasteiger partial charge in [-0.3, -0.25) is 14.9 Å². The molecule has 24 heavy (non-hydrogen) atoms. The first kappa shape index (κ1) is 15.3. The Morgan fingerprint density at radius 2 is 2.00 bits per heavy atom. The first-order valence-electron chi connectivity index (χ1n) is 8.59. The largest absolute Gasteiger partial charge is 0.326 e. The Labute approximate surface area is 140 Å². The summed E-state index contributed by atoms with van der Waals surface area (Å²) in [6.07, 6.45) is 2.70. The highest BCUT2D eigenvalue weighted by atomic mass is 16.6. The van der Waals surface area contributed by atoms with Gasteiger partial charge in [-0.2, -0.15) is 5.10 Å². The lowest BCUT2D eigenvalue weighted by molar-refractivity contribution is -0.927. The lowest BCUT2D eigenvalue weighted by Crippen LogP contribution is -3.20. The number of nitro groups is 1. The van der Waals surface area contributed by atoms with Gasteiger partial charge in [0.2, 0.25) is 5.91 Å². The molecule has 7 nitrogen and oxygen atoms in total. The first-order valence-corrected chi connectivity index (χ1v) is 8.59. The molecule has 3 saturated heterocycles. The van der Waals surface area contributed by atoms with Crippen molar-refractivity contribution in [2.75, 3.05) is 13.1 Å². The fourth-order valence-corrected chi connectivity index (χ4v) is 4.41. The van der Waals surface area contributed by atoms with Crippen LogP contribution in [0.15, 0.2) is 29.4 Å². The second kappa shape index (κ2) is 5.66. The summed E-state index contributed by atoms with van der Waals surface area (Å²) < 4.78 is 0. The van der Waals surface area contributed by atoms with E-state index in [4.69, 9.17) is 5.10 Å². The molecule has 126 valence electrons.